The molecule has 0 unspecified atom stereocenters. The van der Waals surface area contributed by atoms with E-state index in [-0.39, 0.29) is 11.3 Å². The van der Waals surface area contributed by atoms with Gasteiger partial charge in [-0.15, -0.1) is 0 Å². The summed E-state index contributed by atoms with van der Waals surface area (Å²) in [5.74, 6) is 0.0181. The molecular weight excluding hydrogens is 426 g/mol. The first kappa shape index (κ1) is 20.2. The van der Waals surface area contributed by atoms with Gasteiger partial charge in [-0.05, 0) is 41.5 Å². The molecule has 5 heterocycles. The summed E-state index contributed by atoms with van der Waals surface area (Å²) in [5.41, 5.74) is 6.53. The molecule has 0 bridgehead atoms. The number of benzene rings is 1. The number of nitriles is 1. The zero-order chi connectivity index (χ0) is 23.4. The van der Waals surface area contributed by atoms with Gasteiger partial charge in [0.05, 0.1) is 18.1 Å². The fourth-order valence-corrected chi connectivity index (χ4v) is 5.18. The van der Waals surface area contributed by atoms with Crippen molar-refractivity contribution < 1.29 is 4.79 Å². The molecule has 8 nitrogen and oxygen atoms in total. The maximum Gasteiger partial charge on any atom is 0.245 e. The zero-order valence-corrected chi connectivity index (χ0v) is 18.8. The van der Waals surface area contributed by atoms with Gasteiger partial charge in [0.15, 0.2) is 0 Å². The van der Waals surface area contributed by atoms with Gasteiger partial charge in [0.25, 0.3) is 0 Å². The topological polar surface area (TPSA) is 82.5 Å². The minimum Gasteiger partial charge on any atom is -0.370 e. The predicted molar refractivity (Wildman–Crippen MR) is 129 cm³/mol. The van der Waals surface area contributed by atoms with E-state index in [1.165, 1.54) is 6.08 Å². The molecule has 4 aromatic rings. The molecule has 34 heavy (non-hydrogen) atoms. The van der Waals surface area contributed by atoms with E-state index in [4.69, 9.17) is 0 Å². The Labute approximate surface area is 197 Å². The van der Waals surface area contributed by atoms with Crippen LogP contribution in [-0.4, -0.2) is 56.2 Å². The van der Waals surface area contributed by atoms with Crippen LogP contribution in [0.15, 0.2) is 67.6 Å². The average Bonchev–Trinajstić information content (AvgIpc) is 3.42. The number of amides is 1. The van der Waals surface area contributed by atoms with Crippen molar-refractivity contribution in [3.8, 4) is 28.5 Å². The molecule has 8 heteroatoms. The standard InChI is InChI=1S/C26H23N7O/c1-3-25(34)32-16-26(17-32)14-31(15-26)21-6-4-18(5-7-21)23-8-19(20-11-29-30(2)13-20)9-24-28-12-22(10-27)33(23)24/h3-9,11-13H,1,14-17H2,2H3. The first-order valence-electron chi connectivity index (χ1n) is 11.2. The summed E-state index contributed by atoms with van der Waals surface area (Å²) in [7, 11) is 1.89. The Morgan fingerprint density at radius 1 is 1.09 bits per heavy atom. The van der Waals surface area contributed by atoms with E-state index in [2.05, 4.69) is 58.0 Å². The molecule has 3 aromatic heterocycles. The van der Waals surface area contributed by atoms with Crippen molar-refractivity contribution >= 4 is 17.2 Å². The number of aromatic nitrogens is 4. The van der Waals surface area contributed by atoms with Gasteiger partial charge in [0.2, 0.25) is 5.91 Å². The van der Waals surface area contributed by atoms with E-state index in [9.17, 15) is 10.1 Å². The molecule has 0 aliphatic carbocycles. The van der Waals surface area contributed by atoms with Crippen molar-refractivity contribution in [2.75, 3.05) is 31.1 Å². The largest absolute Gasteiger partial charge is 0.370 e. The van der Waals surface area contributed by atoms with E-state index < -0.39 is 0 Å². The molecule has 0 radical (unpaired) electrons. The molecule has 2 aliphatic heterocycles. The third kappa shape index (κ3) is 3.09. The van der Waals surface area contributed by atoms with Crippen molar-refractivity contribution in [2.45, 2.75) is 0 Å². The van der Waals surface area contributed by atoms with Crippen molar-refractivity contribution in [1.82, 2.24) is 24.1 Å². The quantitative estimate of drug-likeness (QED) is 0.447. The monoisotopic (exact) mass is 449 g/mol. The number of carbonyl (C=O) groups excluding carboxylic acids is 1. The lowest BCUT2D eigenvalue weighted by molar-refractivity contribution is -0.139. The molecule has 2 saturated heterocycles. The minimum absolute atomic E-state index is 0.0181. The normalized spacial score (nSPS) is 16.2. The highest BCUT2D eigenvalue weighted by molar-refractivity contribution is 5.88. The summed E-state index contributed by atoms with van der Waals surface area (Å²) in [4.78, 5) is 20.4. The molecule has 2 aliphatic rings. The van der Waals surface area contributed by atoms with Crippen molar-refractivity contribution in [3.05, 3.63) is 73.3 Å². The maximum absolute atomic E-state index is 11.7. The first-order valence-corrected chi connectivity index (χ1v) is 11.2. The molecule has 0 atom stereocenters. The number of fused-ring (bicyclic) bond motifs is 1. The van der Waals surface area contributed by atoms with Gasteiger partial charge < -0.3 is 9.80 Å². The average molecular weight is 450 g/mol. The van der Waals surface area contributed by atoms with Gasteiger partial charge in [-0.3, -0.25) is 13.9 Å². The number of rotatable bonds is 4. The van der Waals surface area contributed by atoms with Crippen LogP contribution in [0.25, 0.3) is 28.0 Å². The van der Waals surface area contributed by atoms with Gasteiger partial charge in [-0.1, -0.05) is 18.7 Å². The fraction of sp³-hybridized carbons (Fsp3) is 0.231. The van der Waals surface area contributed by atoms with Crippen LogP contribution in [0.5, 0.6) is 0 Å². The second-order valence-corrected chi connectivity index (χ2v) is 9.28. The van der Waals surface area contributed by atoms with Crippen LogP contribution in [0.4, 0.5) is 5.69 Å². The lowest BCUT2D eigenvalue weighted by Gasteiger charge is -2.60. The predicted octanol–water partition coefficient (Wildman–Crippen LogP) is 3.11. The summed E-state index contributed by atoms with van der Waals surface area (Å²) in [6, 6.07) is 14.8. The SMILES string of the molecule is C=CC(=O)N1CC2(C1)CN(c1ccc(-c3cc(-c4cnn(C)c4)cc4ncc(C#N)n34)cc1)C2. The van der Waals surface area contributed by atoms with Crippen LogP contribution in [-0.2, 0) is 11.8 Å². The number of hydrogen-bond acceptors (Lipinski definition) is 5. The number of pyridine rings is 1. The number of nitrogens with zero attached hydrogens (tertiary/aromatic N) is 7. The molecule has 0 N–H and O–H groups in total. The highest BCUT2D eigenvalue weighted by atomic mass is 16.2. The van der Waals surface area contributed by atoms with Crippen LogP contribution in [0.3, 0.4) is 0 Å². The molecule has 1 amide bonds. The number of carbonyl (C=O) groups is 1. The summed E-state index contributed by atoms with van der Waals surface area (Å²) >= 11 is 0. The fourth-order valence-electron chi connectivity index (χ4n) is 5.18. The Morgan fingerprint density at radius 2 is 1.85 bits per heavy atom. The molecule has 168 valence electrons. The maximum atomic E-state index is 11.7. The second kappa shape index (κ2) is 7.32. The summed E-state index contributed by atoms with van der Waals surface area (Å²) < 4.78 is 3.67. The van der Waals surface area contributed by atoms with Crippen LogP contribution >= 0.6 is 0 Å². The van der Waals surface area contributed by atoms with E-state index >= 15 is 0 Å². The molecule has 6 rings (SSSR count). The van der Waals surface area contributed by atoms with Crippen molar-refractivity contribution in [2.24, 2.45) is 12.5 Å². The zero-order valence-electron chi connectivity index (χ0n) is 18.8. The Morgan fingerprint density at radius 3 is 2.50 bits per heavy atom. The lowest BCUT2D eigenvalue weighted by Crippen LogP contribution is -2.73. The molecular formula is C26H23N7O. The van der Waals surface area contributed by atoms with Crippen LogP contribution < -0.4 is 4.90 Å². The van der Waals surface area contributed by atoms with Crippen molar-refractivity contribution in [3.63, 3.8) is 0 Å². The Balaban J connectivity index is 1.29. The van der Waals surface area contributed by atoms with Crippen LogP contribution in [0.1, 0.15) is 5.69 Å². The lowest BCUT2D eigenvalue weighted by atomic mass is 9.72. The van der Waals surface area contributed by atoms with Gasteiger partial charge in [0.1, 0.15) is 17.4 Å². The van der Waals surface area contributed by atoms with E-state index in [0.717, 1.165) is 59.9 Å². The Kier molecular flexibility index (Phi) is 4.36. The number of likely N-dealkylation sites (tertiary alicyclic amines) is 1. The second-order valence-electron chi connectivity index (χ2n) is 9.28. The first-order chi connectivity index (χ1) is 16.5. The van der Waals surface area contributed by atoms with Gasteiger partial charge in [0, 0.05) is 56.1 Å². The molecule has 0 saturated carbocycles. The minimum atomic E-state index is 0.0181. The highest BCUT2D eigenvalue weighted by Crippen LogP contribution is 2.42. The van der Waals surface area contributed by atoms with Gasteiger partial charge in [-0.25, -0.2) is 4.98 Å². The van der Waals surface area contributed by atoms with Gasteiger partial charge in [-0.2, -0.15) is 10.4 Å². The van der Waals surface area contributed by atoms with Crippen molar-refractivity contribution in [1.29, 1.82) is 5.26 Å². The smallest absolute Gasteiger partial charge is 0.245 e. The molecule has 1 spiro atoms. The van der Waals surface area contributed by atoms with E-state index in [1.807, 2.05) is 34.8 Å². The molecule has 1 aromatic carbocycles. The third-order valence-corrected chi connectivity index (χ3v) is 6.88. The number of aryl methyl sites for hydroxylation is 1. The Bertz CT molecular complexity index is 1470. The number of imidazole rings is 1. The van der Waals surface area contributed by atoms with Gasteiger partial charge >= 0.3 is 0 Å². The van der Waals surface area contributed by atoms with Crippen LogP contribution in [0, 0.1) is 16.7 Å². The summed E-state index contributed by atoms with van der Waals surface area (Å²) in [5, 5.41) is 13.9. The molecule has 2 fully saturated rings. The van der Waals surface area contributed by atoms with E-state index in [0.29, 0.717) is 5.69 Å². The summed E-state index contributed by atoms with van der Waals surface area (Å²) in [6.45, 7) is 7.09. The number of hydrogen-bond donors (Lipinski definition) is 0. The van der Waals surface area contributed by atoms with Crippen LogP contribution in [0.2, 0.25) is 0 Å². The third-order valence-electron chi connectivity index (χ3n) is 6.88. The number of anilines is 1. The highest BCUT2D eigenvalue weighted by Gasteiger charge is 2.52. The Hall–Kier alpha value is -4.38. The summed E-state index contributed by atoms with van der Waals surface area (Å²) in [6.07, 6.45) is 6.80. The van der Waals surface area contributed by atoms with E-state index in [1.54, 1.807) is 10.9 Å².